The molecule has 1 aromatic heterocycles. The van der Waals surface area contributed by atoms with Crippen molar-refractivity contribution in [3.63, 3.8) is 0 Å². The predicted octanol–water partition coefficient (Wildman–Crippen LogP) is 3.80. The molecule has 0 radical (unpaired) electrons. The number of thiophene rings is 1. The molecule has 3 rings (SSSR count). The highest BCUT2D eigenvalue weighted by molar-refractivity contribution is 9.13. The minimum absolute atomic E-state index is 0.340. The average Bonchev–Trinajstić information content (AvgIpc) is 3.00. The molecule has 1 aliphatic rings. The summed E-state index contributed by atoms with van der Waals surface area (Å²) in [5.74, 6) is 1.44. The highest BCUT2D eigenvalue weighted by Gasteiger charge is 2.31. The fourth-order valence-electron chi connectivity index (χ4n) is 2.80. The van der Waals surface area contributed by atoms with Gasteiger partial charge in [-0.15, -0.1) is 11.3 Å². The molecule has 2 heterocycles. The zero-order valence-electron chi connectivity index (χ0n) is 14.2. The Bertz CT molecular complexity index is 874. The smallest absolute Gasteiger partial charge is 0.252 e. The third-order valence-corrected chi connectivity index (χ3v) is 9.79. The van der Waals surface area contributed by atoms with Gasteiger partial charge in [0.25, 0.3) is 10.0 Å². The summed E-state index contributed by atoms with van der Waals surface area (Å²) in [7, 11) is -0.255. The summed E-state index contributed by atoms with van der Waals surface area (Å²) in [5, 5.41) is 0. The van der Waals surface area contributed by atoms with E-state index in [2.05, 4.69) is 36.8 Å². The summed E-state index contributed by atoms with van der Waals surface area (Å²) >= 11 is 7.92. The van der Waals surface area contributed by atoms with Crippen molar-refractivity contribution in [1.82, 2.24) is 4.31 Å². The van der Waals surface area contributed by atoms with Crippen LogP contribution in [0.25, 0.3) is 0 Å². The van der Waals surface area contributed by atoms with Crippen molar-refractivity contribution in [2.45, 2.75) is 4.21 Å². The zero-order chi connectivity index (χ0) is 18.9. The summed E-state index contributed by atoms with van der Waals surface area (Å²) in [4.78, 5) is 2.13. The highest BCUT2D eigenvalue weighted by Crippen LogP contribution is 2.37. The third kappa shape index (κ3) is 3.89. The Labute approximate surface area is 174 Å². The molecule has 0 atom stereocenters. The number of methoxy groups -OCH3 is 2. The van der Waals surface area contributed by atoms with E-state index in [-0.39, 0.29) is 0 Å². The maximum Gasteiger partial charge on any atom is 0.252 e. The first-order valence-corrected chi connectivity index (χ1v) is 11.6. The maximum atomic E-state index is 12.8. The van der Waals surface area contributed by atoms with Gasteiger partial charge in [-0.25, -0.2) is 8.42 Å². The van der Waals surface area contributed by atoms with Gasteiger partial charge in [-0.1, -0.05) is 0 Å². The van der Waals surface area contributed by atoms with Gasteiger partial charge in [0, 0.05) is 36.7 Å². The van der Waals surface area contributed by atoms with E-state index in [1.807, 2.05) is 18.2 Å². The van der Waals surface area contributed by atoms with Crippen molar-refractivity contribution < 1.29 is 17.9 Å². The van der Waals surface area contributed by atoms with Crippen LogP contribution in [0.5, 0.6) is 11.5 Å². The molecule has 1 aliphatic heterocycles. The number of rotatable bonds is 5. The lowest BCUT2D eigenvalue weighted by atomic mass is 10.2. The van der Waals surface area contributed by atoms with Crippen LogP contribution in [0.1, 0.15) is 0 Å². The molecule has 6 nitrogen and oxygen atoms in total. The van der Waals surface area contributed by atoms with Crippen molar-refractivity contribution in [2.24, 2.45) is 0 Å². The Morgan fingerprint density at radius 3 is 2.27 bits per heavy atom. The van der Waals surface area contributed by atoms with Crippen LogP contribution in [0, 0.1) is 0 Å². The van der Waals surface area contributed by atoms with Gasteiger partial charge in [0.15, 0.2) is 0 Å². The second kappa shape index (κ2) is 8.05. The lowest BCUT2D eigenvalue weighted by Gasteiger charge is -2.35. The molecule has 2 aromatic rings. The molecule has 0 saturated carbocycles. The van der Waals surface area contributed by atoms with E-state index in [9.17, 15) is 8.42 Å². The fraction of sp³-hybridized carbons (Fsp3) is 0.375. The van der Waals surface area contributed by atoms with Gasteiger partial charge >= 0.3 is 0 Å². The van der Waals surface area contributed by atoms with Gasteiger partial charge in [0.2, 0.25) is 0 Å². The highest BCUT2D eigenvalue weighted by atomic mass is 79.9. The summed E-state index contributed by atoms with van der Waals surface area (Å²) in [5.41, 5.74) is 0.937. The maximum absolute atomic E-state index is 12.8. The molecule has 0 bridgehead atoms. The lowest BCUT2D eigenvalue weighted by Crippen LogP contribution is -2.48. The summed E-state index contributed by atoms with van der Waals surface area (Å²) in [6.45, 7) is 2.03. The van der Waals surface area contributed by atoms with E-state index in [0.717, 1.165) is 19.7 Å². The number of halogens is 2. The normalized spacial score (nSPS) is 15.9. The van der Waals surface area contributed by atoms with Gasteiger partial charge in [0.05, 0.1) is 23.7 Å². The van der Waals surface area contributed by atoms with E-state index >= 15 is 0 Å². The van der Waals surface area contributed by atoms with Gasteiger partial charge in [-0.2, -0.15) is 4.31 Å². The zero-order valence-corrected chi connectivity index (χ0v) is 19.0. The number of hydrogen-bond donors (Lipinski definition) is 0. The van der Waals surface area contributed by atoms with Crippen LogP contribution in [0.15, 0.2) is 36.7 Å². The van der Waals surface area contributed by atoms with Crippen LogP contribution in [-0.2, 0) is 10.0 Å². The van der Waals surface area contributed by atoms with Crippen LogP contribution < -0.4 is 14.4 Å². The molecule has 0 N–H and O–H groups in total. The van der Waals surface area contributed by atoms with Gasteiger partial charge in [-0.3, -0.25) is 0 Å². The largest absolute Gasteiger partial charge is 0.497 e. The second-order valence-electron chi connectivity index (χ2n) is 5.62. The minimum atomic E-state index is -3.48. The Morgan fingerprint density at radius 2 is 1.73 bits per heavy atom. The molecule has 1 aromatic carbocycles. The predicted molar refractivity (Wildman–Crippen MR) is 110 cm³/mol. The number of nitrogens with zero attached hydrogens (tertiary/aromatic N) is 2. The van der Waals surface area contributed by atoms with Crippen LogP contribution in [0.3, 0.4) is 0 Å². The van der Waals surface area contributed by atoms with Crippen LogP contribution >= 0.6 is 43.2 Å². The molecule has 1 fully saturated rings. The van der Waals surface area contributed by atoms with E-state index in [4.69, 9.17) is 9.47 Å². The number of anilines is 1. The summed E-state index contributed by atoms with van der Waals surface area (Å²) in [6, 6.07) is 7.29. The molecule has 0 aliphatic carbocycles. The number of ether oxygens (including phenoxy) is 2. The van der Waals surface area contributed by atoms with Crippen LogP contribution in [-0.4, -0.2) is 53.1 Å². The Hall–Kier alpha value is -0.810. The monoisotopic (exact) mass is 524 g/mol. The van der Waals surface area contributed by atoms with E-state index in [1.54, 1.807) is 20.3 Å². The standard InChI is InChI=1S/C16H18Br2N2O4S2/c1-23-11-3-4-13(14(9-11)24-2)19-5-7-20(8-6-19)26(21,22)15-10-12(17)16(18)25-15/h3-4,9-10H,5-8H2,1-2H3. The first-order valence-electron chi connectivity index (χ1n) is 7.78. The topological polar surface area (TPSA) is 59.1 Å². The van der Waals surface area contributed by atoms with Crippen molar-refractivity contribution in [2.75, 3.05) is 45.3 Å². The molecule has 10 heteroatoms. The molecule has 0 unspecified atom stereocenters. The van der Waals surface area contributed by atoms with Gasteiger partial charge in [0.1, 0.15) is 15.7 Å². The van der Waals surface area contributed by atoms with Crippen molar-refractivity contribution in [3.8, 4) is 11.5 Å². The van der Waals surface area contributed by atoms with E-state index in [0.29, 0.717) is 36.1 Å². The quantitative estimate of drug-likeness (QED) is 0.594. The van der Waals surface area contributed by atoms with Crippen molar-refractivity contribution >= 4 is 58.9 Å². The van der Waals surface area contributed by atoms with Gasteiger partial charge < -0.3 is 14.4 Å². The summed E-state index contributed by atoms with van der Waals surface area (Å²) < 4.78 is 39.8. The Kier molecular flexibility index (Phi) is 6.18. The first-order chi connectivity index (χ1) is 12.4. The van der Waals surface area contributed by atoms with E-state index < -0.39 is 10.0 Å². The lowest BCUT2D eigenvalue weighted by molar-refractivity contribution is 0.376. The molecule has 0 amide bonds. The second-order valence-corrected chi connectivity index (χ2v) is 11.0. The molecular formula is C16H18Br2N2O4S2. The summed E-state index contributed by atoms with van der Waals surface area (Å²) in [6.07, 6.45) is 0. The van der Waals surface area contributed by atoms with Crippen LogP contribution in [0.4, 0.5) is 5.69 Å². The Morgan fingerprint density at radius 1 is 1.04 bits per heavy atom. The van der Waals surface area contributed by atoms with E-state index in [1.165, 1.54) is 15.6 Å². The average molecular weight is 526 g/mol. The molecule has 1 saturated heterocycles. The van der Waals surface area contributed by atoms with Crippen molar-refractivity contribution in [3.05, 3.63) is 32.5 Å². The number of sulfonamides is 1. The number of piperazine rings is 1. The molecular weight excluding hydrogens is 508 g/mol. The first kappa shape index (κ1) is 19.9. The Balaban J connectivity index is 1.75. The van der Waals surface area contributed by atoms with Gasteiger partial charge in [-0.05, 0) is 50.1 Å². The number of benzene rings is 1. The minimum Gasteiger partial charge on any atom is -0.497 e. The van der Waals surface area contributed by atoms with Crippen LogP contribution in [0.2, 0.25) is 0 Å². The molecule has 142 valence electrons. The molecule has 0 spiro atoms. The third-order valence-electron chi connectivity index (χ3n) is 4.18. The van der Waals surface area contributed by atoms with Crippen molar-refractivity contribution in [1.29, 1.82) is 0 Å². The molecule has 26 heavy (non-hydrogen) atoms. The fourth-order valence-corrected chi connectivity index (χ4v) is 7.19. The number of hydrogen-bond acceptors (Lipinski definition) is 6. The SMILES string of the molecule is COc1ccc(N2CCN(S(=O)(=O)c3cc(Br)c(Br)s3)CC2)c(OC)c1.